The van der Waals surface area contributed by atoms with Crippen molar-refractivity contribution in [1.82, 2.24) is 10.0 Å². The number of nitrogens with one attached hydrogen (secondary N) is 2. The fourth-order valence-electron chi connectivity index (χ4n) is 2.52. The standard InChI is InChI=1S/C19H29N3O9S/c1-12(21-32(27,28)15-10-8-7-9-14(15)22(25)26)11-30-13(2)16(17(23)29-6)20-18(24)31-19(3,4)5/h7-10,12-13,16,21H,11H2,1-6H3,(H,20,24)/t12?,13-,16+/m1/s1. The monoisotopic (exact) mass is 475 g/mol. The Morgan fingerprint density at radius 3 is 2.31 bits per heavy atom. The number of carbonyl (C=O) groups is 2. The van der Waals surface area contributed by atoms with E-state index in [2.05, 4.69) is 14.8 Å². The summed E-state index contributed by atoms with van der Waals surface area (Å²) in [6.07, 6.45) is -1.76. The number of para-hydroxylation sites is 1. The van der Waals surface area contributed by atoms with Crippen LogP contribution >= 0.6 is 0 Å². The van der Waals surface area contributed by atoms with Gasteiger partial charge in [-0.3, -0.25) is 10.1 Å². The Balaban J connectivity index is 2.82. The highest BCUT2D eigenvalue weighted by Gasteiger charge is 2.32. The second kappa shape index (κ2) is 11.2. The maximum absolute atomic E-state index is 12.6. The summed E-state index contributed by atoms with van der Waals surface area (Å²) in [4.78, 5) is 33.9. The second-order valence-corrected chi connectivity index (χ2v) is 9.62. The van der Waals surface area contributed by atoms with Gasteiger partial charge in [0.2, 0.25) is 10.0 Å². The maximum Gasteiger partial charge on any atom is 0.408 e. The predicted molar refractivity (Wildman–Crippen MR) is 113 cm³/mol. The number of nitrogens with zero attached hydrogens (tertiary/aromatic N) is 1. The Kier molecular flexibility index (Phi) is 9.54. The highest BCUT2D eigenvalue weighted by Crippen LogP contribution is 2.23. The third-order valence-corrected chi connectivity index (χ3v) is 5.55. The summed E-state index contributed by atoms with van der Waals surface area (Å²) >= 11 is 0. The summed E-state index contributed by atoms with van der Waals surface area (Å²) in [7, 11) is -3.08. The molecule has 0 spiro atoms. The van der Waals surface area contributed by atoms with E-state index >= 15 is 0 Å². The zero-order valence-electron chi connectivity index (χ0n) is 18.8. The van der Waals surface area contributed by atoms with Gasteiger partial charge in [-0.05, 0) is 40.7 Å². The molecule has 12 nitrogen and oxygen atoms in total. The second-order valence-electron chi connectivity index (χ2n) is 7.93. The molecule has 0 aliphatic carbocycles. The molecule has 1 aromatic rings. The summed E-state index contributed by atoms with van der Waals surface area (Å²) < 4.78 is 42.8. The Morgan fingerprint density at radius 1 is 1.19 bits per heavy atom. The summed E-state index contributed by atoms with van der Waals surface area (Å²) in [5.74, 6) is -0.781. The number of hydrogen-bond donors (Lipinski definition) is 2. The molecule has 0 aromatic heterocycles. The molecule has 0 radical (unpaired) electrons. The number of nitro benzene ring substituents is 1. The third-order valence-electron chi connectivity index (χ3n) is 3.91. The number of esters is 1. The molecule has 32 heavy (non-hydrogen) atoms. The van der Waals surface area contributed by atoms with E-state index in [0.29, 0.717) is 0 Å². The normalized spacial score (nSPS) is 14.7. The van der Waals surface area contributed by atoms with Gasteiger partial charge in [0.05, 0.1) is 24.7 Å². The van der Waals surface area contributed by atoms with Crippen LogP contribution in [0.1, 0.15) is 34.6 Å². The number of benzene rings is 1. The van der Waals surface area contributed by atoms with Gasteiger partial charge in [-0.1, -0.05) is 12.1 Å². The Bertz CT molecular complexity index is 928. The van der Waals surface area contributed by atoms with Crippen molar-refractivity contribution in [2.45, 2.75) is 63.3 Å². The van der Waals surface area contributed by atoms with Crippen LogP contribution in [0.25, 0.3) is 0 Å². The van der Waals surface area contributed by atoms with E-state index in [-0.39, 0.29) is 6.61 Å². The number of carbonyl (C=O) groups excluding carboxylic acids is 2. The van der Waals surface area contributed by atoms with E-state index in [4.69, 9.17) is 9.47 Å². The quantitative estimate of drug-likeness (QED) is 0.291. The lowest BCUT2D eigenvalue weighted by atomic mass is 10.2. The summed E-state index contributed by atoms with van der Waals surface area (Å²) in [5.41, 5.74) is -1.35. The van der Waals surface area contributed by atoms with E-state index in [1.165, 1.54) is 26.0 Å². The van der Waals surface area contributed by atoms with Gasteiger partial charge in [0.1, 0.15) is 5.60 Å². The molecule has 0 bridgehead atoms. The van der Waals surface area contributed by atoms with Crippen LogP contribution in [-0.2, 0) is 29.0 Å². The van der Waals surface area contributed by atoms with Crippen molar-refractivity contribution in [2.24, 2.45) is 0 Å². The number of rotatable bonds is 10. The molecule has 3 atom stereocenters. The lowest BCUT2D eigenvalue weighted by Gasteiger charge is -2.26. The molecule has 1 amide bonds. The average Bonchev–Trinajstić information content (AvgIpc) is 2.68. The van der Waals surface area contributed by atoms with Crippen LogP contribution in [0.15, 0.2) is 29.2 Å². The molecule has 0 saturated heterocycles. The van der Waals surface area contributed by atoms with Crippen molar-refractivity contribution in [3.8, 4) is 0 Å². The van der Waals surface area contributed by atoms with Gasteiger partial charge in [-0.15, -0.1) is 0 Å². The van der Waals surface area contributed by atoms with Crippen molar-refractivity contribution in [1.29, 1.82) is 0 Å². The number of hydrogen-bond acceptors (Lipinski definition) is 9. The first-order valence-corrected chi connectivity index (χ1v) is 11.1. The molecule has 0 saturated carbocycles. The molecule has 1 aromatic carbocycles. The zero-order chi connectivity index (χ0) is 24.7. The molecule has 0 fully saturated rings. The molecule has 2 N–H and O–H groups in total. The van der Waals surface area contributed by atoms with E-state index in [1.54, 1.807) is 20.8 Å². The number of ether oxygens (including phenoxy) is 3. The van der Waals surface area contributed by atoms with Crippen LogP contribution in [-0.4, -0.2) is 62.9 Å². The SMILES string of the molecule is COC(=O)[C@@H](NC(=O)OC(C)(C)C)[C@@H](C)OCC(C)NS(=O)(=O)c1ccccc1[N+](=O)[O-]. The molecule has 1 unspecified atom stereocenters. The van der Waals surface area contributed by atoms with Gasteiger partial charge in [-0.2, -0.15) is 0 Å². The van der Waals surface area contributed by atoms with E-state index in [1.807, 2.05) is 0 Å². The van der Waals surface area contributed by atoms with E-state index < -0.39 is 61.4 Å². The first kappa shape index (κ1) is 27.3. The molecule has 0 aliphatic rings. The average molecular weight is 476 g/mol. The Labute approximate surface area is 186 Å². The van der Waals surface area contributed by atoms with E-state index in [0.717, 1.165) is 19.2 Å². The Hall–Kier alpha value is -2.77. The summed E-state index contributed by atoms with van der Waals surface area (Å²) in [6.45, 7) is 7.74. The minimum atomic E-state index is -4.22. The number of nitro groups is 1. The number of alkyl carbamates (subject to hydrolysis) is 1. The predicted octanol–water partition coefficient (Wildman–Crippen LogP) is 1.73. The van der Waals surface area contributed by atoms with Crippen LogP contribution in [0.3, 0.4) is 0 Å². The van der Waals surface area contributed by atoms with Crippen molar-refractivity contribution >= 4 is 27.8 Å². The van der Waals surface area contributed by atoms with Gasteiger partial charge >= 0.3 is 12.1 Å². The topological polar surface area (TPSA) is 163 Å². The van der Waals surface area contributed by atoms with Crippen LogP contribution in [0, 0.1) is 10.1 Å². The largest absolute Gasteiger partial charge is 0.467 e. The molecule has 0 heterocycles. The maximum atomic E-state index is 12.6. The van der Waals surface area contributed by atoms with Crippen molar-refractivity contribution in [2.75, 3.05) is 13.7 Å². The summed E-state index contributed by atoms with van der Waals surface area (Å²) in [5, 5.41) is 13.5. The van der Waals surface area contributed by atoms with Gasteiger partial charge in [-0.25, -0.2) is 22.7 Å². The lowest BCUT2D eigenvalue weighted by molar-refractivity contribution is -0.387. The highest BCUT2D eigenvalue weighted by molar-refractivity contribution is 7.89. The minimum Gasteiger partial charge on any atom is -0.467 e. The number of amides is 1. The molecular weight excluding hydrogens is 446 g/mol. The number of methoxy groups -OCH3 is 1. The van der Waals surface area contributed by atoms with Gasteiger partial charge < -0.3 is 19.5 Å². The van der Waals surface area contributed by atoms with Gasteiger partial charge in [0.25, 0.3) is 5.69 Å². The van der Waals surface area contributed by atoms with Crippen LogP contribution in [0.4, 0.5) is 10.5 Å². The fraction of sp³-hybridized carbons (Fsp3) is 0.579. The van der Waals surface area contributed by atoms with Crippen molar-refractivity contribution in [3.63, 3.8) is 0 Å². The van der Waals surface area contributed by atoms with Crippen LogP contribution in [0.2, 0.25) is 0 Å². The highest BCUT2D eigenvalue weighted by atomic mass is 32.2. The van der Waals surface area contributed by atoms with Gasteiger partial charge in [0.15, 0.2) is 10.9 Å². The first-order valence-electron chi connectivity index (χ1n) is 9.62. The van der Waals surface area contributed by atoms with Crippen LogP contribution < -0.4 is 10.0 Å². The van der Waals surface area contributed by atoms with E-state index in [9.17, 15) is 28.1 Å². The third kappa shape index (κ3) is 8.40. The molecule has 13 heteroatoms. The smallest absolute Gasteiger partial charge is 0.408 e. The lowest BCUT2D eigenvalue weighted by Crippen LogP contribution is -2.51. The Morgan fingerprint density at radius 2 is 1.78 bits per heavy atom. The molecule has 0 aliphatic heterocycles. The molecule has 1 rings (SSSR count). The van der Waals surface area contributed by atoms with Gasteiger partial charge in [0, 0.05) is 12.1 Å². The van der Waals surface area contributed by atoms with Crippen molar-refractivity contribution < 1.29 is 37.1 Å². The summed E-state index contributed by atoms with van der Waals surface area (Å²) in [6, 6.07) is 2.90. The van der Waals surface area contributed by atoms with Crippen LogP contribution in [0.5, 0.6) is 0 Å². The first-order chi connectivity index (χ1) is 14.7. The fourth-order valence-corrected chi connectivity index (χ4v) is 3.92. The zero-order valence-corrected chi connectivity index (χ0v) is 19.6. The molecule has 180 valence electrons. The van der Waals surface area contributed by atoms with Crippen molar-refractivity contribution in [3.05, 3.63) is 34.4 Å². The minimum absolute atomic E-state index is 0.204. The molecular formula is C19H29N3O9S. The number of sulfonamides is 1.